The van der Waals surface area contributed by atoms with Gasteiger partial charge in [0.1, 0.15) is 10.8 Å². The Morgan fingerprint density at radius 3 is 2.41 bits per heavy atom. The topological polar surface area (TPSA) is 68.7 Å². The fraction of sp³-hybridized carbons (Fsp3) is 0.318. The first-order valence-corrected chi connectivity index (χ1v) is 10.2. The van der Waals surface area contributed by atoms with Crippen LogP contribution in [-0.2, 0) is 9.53 Å². The van der Waals surface area contributed by atoms with E-state index < -0.39 is 5.97 Å². The number of para-hydroxylation sites is 1. The number of hydrogen-bond donors (Lipinski definition) is 0. The van der Waals surface area contributed by atoms with E-state index in [-0.39, 0.29) is 24.7 Å². The van der Waals surface area contributed by atoms with E-state index in [1.807, 2.05) is 45.0 Å². The Morgan fingerprint density at radius 1 is 1.07 bits per heavy atom. The molecule has 0 fully saturated rings. The molecular formula is C22H24N2O4S. The number of esters is 1. The number of hydrogen-bond acceptors (Lipinski definition) is 6. The Bertz CT molecular complexity index is 964. The zero-order valence-corrected chi connectivity index (χ0v) is 17.7. The summed E-state index contributed by atoms with van der Waals surface area (Å²) in [5.41, 5.74) is 1.28. The van der Waals surface area contributed by atoms with Crippen molar-refractivity contribution in [2.75, 3.05) is 13.7 Å². The quantitative estimate of drug-likeness (QED) is 0.536. The predicted octanol–water partition coefficient (Wildman–Crippen LogP) is 4.46. The number of carbonyl (C=O) groups excluding carboxylic acids is 2. The minimum absolute atomic E-state index is 0.0541. The second-order valence-electron chi connectivity index (χ2n) is 6.97. The maximum Gasteiger partial charge on any atom is 0.338 e. The largest absolute Gasteiger partial charge is 0.491 e. The van der Waals surface area contributed by atoms with Crippen LogP contribution in [-0.4, -0.2) is 41.5 Å². The second kappa shape index (κ2) is 9.05. The molecule has 1 heterocycles. The fourth-order valence-corrected chi connectivity index (χ4v) is 3.77. The molecule has 2 aromatic carbocycles. The van der Waals surface area contributed by atoms with Gasteiger partial charge in [-0.15, -0.1) is 11.3 Å². The number of thiazole rings is 1. The lowest BCUT2D eigenvalue weighted by Gasteiger charge is -2.23. The zero-order valence-electron chi connectivity index (χ0n) is 16.9. The molecule has 1 atom stereocenters. The van der Waals surface area contributed by atoms with Crippen LogP contribution in [0.15, 0.2) is 48.5 Å². The second-order valence-corrected chi connectivity index (χ2v) is 8.03. The highest BCUT2D eigenvalue weighted by Gasteiger charge is 2.22. The summed E-state index contributed by atoms with van der Waals surface area (Å²) in [4.78, 5) is 30.8. The number of rotatable bonds is 7. The van der Waals surface area contributed by atoms with Gasteiger partial charge in [-0.1, -0.05) is 12.1 Å². The molecule has 1 aromatic heterocycles. The summed E-state index contributed by atoms with van der Waals surface area (Å²) in [5, 5.41) is 0.842. The molecular weight excluding hydrogens is 388 g/mol. The van der Waals surface area contributed by atoms with Gasteiger partial charge in [-0.05, 0) is 57.2 Å². The average molecular weight is 413 g/mol. The highest BCUT2D eigenvalue weighted by Crippen LogP contribution is 2.28. The van der Waals surface area contributed by atoms with Crippen molar-refractivity contribution in [3.8, 4) is 5.75 Å². The highest BCUT2D eigenvalue weighted by molar-refractivity contribution is 7.18. The zero-order chi connectivity index (χ0) is 21.0. The van der Waals surface area contributed by atoms with E-state index in [1.165, 1.54) is 0 Å². The third kappa shape index (κ3) is 5.12. The van der Waals surface area contributed by atoms with Crippen molar-refractivity contribution in [3.05, 3.63) is 59.1 Å². The average Bonchev–Trinajstić information content (AvgIpc) is 3.15. The first kappa shape index (κ1) is 20.8. The Labute approximate surface area is 174 Å². The standard InChI is InChI=1S/C22H24N2O4S/c1-14(2)28-17-11-9-16(10-12-17)22(26)27-13-20(25)24(4)15(3)21-23-18-7-5-6-8-19(18)29-21/h5-12,14-15H,13H2,1-4H3/t15-/m1/s1. The first-order chi connectivity index (χ1) is 13.8. The van der Waals surface area contributed by atoms with E-state index in [0.717, 1.165) is 15.2 Å². The number of fused-ring (bicyclic) bond motifs is 1. The molecule has 0 bridgehead atoms. The smallest absolute Gasteiger partial charge is 0.338 e. The summed E-state index contributed by atoms with van der Waals surface area (Å²) in [5.74, 6) is -0.155. The molecule has 152 valence electrons. The van der Waals surface area contributed by atoms with Gasteiger partial charge in [-0.25, -0.2) is 9.78 Å². The van der Waals surface area contributed by atoms with Crippen molar-refractivity contribution in [2.24, 2.45) is 0 Å². The van der Waals surface area contributed by atoms with Crippen LogP contribution in [0.4, 0.5) is 0 Å². The Hall–Kier alpha value is -2.93. The van der Waals surface area contributed by atoms with Gasteiger partial charge < -0.3 is 14.4 Å². The molecule has 0 aliphatic rings. The van der Waals surface area contributed by atoms with Gasteiger partial charge in [-0.3, -0.25) is 4.79 Å². The van der Waals surface area contributed by atoms with Crippen LogP contribution >= 0.6 is 11.3 Å². The fourth-order valence-electron chi connectivity index (χ4n) is 2.70. The molecule has 0 radical (unpaired) electrons. The Kier molecular flexibility index (Phi) is 6.49. The van der Waals surface area contributed by atoms with Crippen molar-refractivity contribution in [3.63, 3.8) is 0 Å². The van der Waals surface area contributed by atoms with Crippen LogP contribution in [0.25, 0.3) is 10.2 Å². The number of nitrogens with zero attached hydrogens (tertiary/aromatic N) is 2. The van der Waals surface area contributed by atoms with Crippen molar-refractivity contribution < 1.29 is 19.1 Å². The molecule has 1 amide bonds. The highest BCUT2D eigenvalue weighted by atomic mass is 32.1. The molecule has 3 rings (SSSR count). The molecule has 0 N–H and O–H groups in total. The number of ether oxygens (including phenoxy) is 2. The first-order valence-electron chi connectivity index (χ1n) is 9.40. The van der Waals surface area contributed by atoms with Gasteiger partial charge in [0, 0.05) is 7.05 Å². The molecule has 0 saturated heterocycles. The van der Waals surface area contributed by atoms with Gasteiger partial charge >= 0.3 is 5.97 Å². The molecule has 6 nitrogen and oxygen atoms in total. The third-order valence-corrected chi connectivity index (χ3v) is 5.64. The van der Waals surface area contributed by atoms with Crippen molar-refractivity contribution >= 4 is 33.4 Å². The molecule has 0 unspecified atom stereocenters. The summed E-state index contributed by atoms with van der Waals surface area (Å²) < 4.78 is 11.8. The normalized spacial score (nSPS) is 12.0. The van der Waals surface area contributed by atoms with E-state index in [4.69, 9.17) is 9.47 Å². The third-order valence-electron chi connectivity index (χ3n) is 4.43. The van der Waals surface area contributed by atoms with Gasteiger partial charge in [0.15, 0.2) is 6.61 Å². The maximum absolute atomic E-state index is 12.5. The summed E-state index contributed by atoms with van der Waals surface area (Å²) in [6.07, 6.45) is 0.0541. The van der Waals surface area contributed by atoms with Crippen LogP contribution < -0.4 is 4.74 Å². The van der Waals surface area contributed by atoms with Gasteiger partial charge in [0.25, 0.3) is 5.91 Å². The molecule has 0 aliphatic heterocycles. The maximum atomic E-state index is 12.5. The van der Waals surface area contributed by atoms with E-state index in [1.54, 1.807) is 47.5 Å². The van der Waals surface area contributed by atoms with Crippen LogP contribution in [0, 0.1) is 0 Å². The van der Waals surface area contributed by atoms with Crippen molar-refractivity contribution in [2.45, 2.75) is 32.9 Å². The number of aromatic nitrogens is 1. The number of benzene rings is 2. The molecule has 0 spiro atoms. The molecule has 3 aromatic rings. The lowest BCUT2D eigenvalue weighted by atomic mass is 10.2. The molecule has 0 aliphatic carbocycles. The van der Waals surface area contributed by atoms with E-state index >= 15 is 0 Å². The molecule has 29 heavy (non-hydrogen) atoms. The lowest BCUT2D eigenvalue weighted by molar-refractivity contribution is -0.135. The summed E-state index contributed by atoms with van der Waals surface area (Å²) in [6.45, 7) is 5.44. The van der Waals surface area contributed by atoms with Crippen LogP contribution in [0.5, 0.6) is 5.75 Å². The Morgan fingerprint density at radius 2 is 1.76 bits per heavy atom. The minimum Gasteiger partial charge on any atom is -0.491 e. The summed E-state index contributed by atoms with van der Waals surface area (Å²) in [7, 11) is 1.69. The number of amides is 1. The van der Waals surface area contributed by atoms with Gasteiger partial charge in [-0.2, -0.15) is 0 Å². The molecule has 0 saturated carbocycles. The number of likely N-dealkylation sites (N-methyl/N-ethyl adjacent to an activating group) is 1. The van der Waals surface area contributed by atoms with E-state index in [2.05, 4.69) is 4.98 Å². The lowest BCUT2D eigenvalue weighted by Crippen LogP contribution is -2.33. The monoisotopic (exact) mass is 412 g/mol. The van der Waals surface area contributed by atoms with Crippen LogP contribution in [0.3, 0.4) is 0 Å². The van der Waals surface area contributed by atoms with Crippen molar-refractivity contribution in [1.82, 2.24) is 9.88 Å². The molecule has 7 heteroatoms. The van der Waals surface area contributed by atoms with E-state index in [9.17, 15) is 9.59 Å². The SMILES string of the molecule is CC(C)Oc1ccc(C(=O)OCC(=O)N(C)[C@H](C)c2nc3ccccc3s2)cc1. The van der Waals surface area contributed by atoms with Crippen molar-refractivity contribution in [1.29, 1.82) is 0 Å². The summed E-state index contributed by atoms with van der Waals surface area (Å²) in [6, 6.07) is 14.3. The predicted molar refractivity (Wildman–Crippen MR) is 113 cm³/mol. The van der Waals surface area contributed by atoms with E-state index in [0.29, 0.717) is 11.3 Å². The number of carbonyl (C=O) groups is 2. The van der Waals surface area contributed by atoms with Gasteiger partial charge in [0.05, 0.1) is 27.9 Å². The van der Waals surface area contributed by atoms with Gasteiger partial charge in [0.2, 0.25) is 0 Å². The minimum atomic E-state index is -0.546. The van der Waals surface area contributed by atoms with Crippen LogP contribution in [0.1, 0.15) is 42.2 Å². The van der Waals surface area contributed by atoms with Crippen LogP contribution in [0.2, 0.25) is 0 Å². The summed E-state index contributed by atoms with van der Waals surface area (Å²) >= 11 is 1.55. The Balaban J connectivity index is 1.57.